The lowest BCUT2D eigenvalue weighted by molar-refractivity contribution is 0.308. The molecule has 0 atom stereocenters. The number of anilines is 2. The summed E-state index contributed by atoms with van der Waals surface area (Å²) in [4.78, 5) is 25.2. The summed E-state index contributed by atoms with van der Waals surface area (Å²) in [6, 6.07) is 3.28. The average Bonchev–Trinajstić information content (AvgIpc) is 3.54. The second kappa shape index (κ2) is 7.03. The summed E-state index contributed by atoms with van der Waals surface area (Å²) in [6.07, 6.45) is 11.2. The number of nitrogens with zero attached hydrogens (tertiary/aromatic N) is 7. The highest BCUT2D eigenvalue weighted by molar-refractivity contribution is 5.50. The van der Waals surface area contributed by atoms with Gasteiger partial charge in [0, 0.05) is 56.4 Å². The molecule has 4 heterocycles. The summed E-state index contributed by atoms with van der Waals surface area (Å²) in [5, 5.41) is 0. The Morgan fingerprint density at radius 3 is 2.52 bits per heavy atom. The molecule has 0 unspecified atom stereocenters. The van der Waals surface area contributed by atoms with Crippen molar-refractivity contribution in [3.8, 4) is 0 Å². The van der Waals surface area contributed by atoms with Crippen molar-refractivity contribution in [2.24, 2.45) is 0 Å². The van der Waals surface area contributed by atoms with Crippen LogP contribution in [0.25, 0.3) is 0 Å². The minimum atomic E-state index is 0.559. The summed E-state index contributed by atoms with van der Waals surface area (Å²) in [5.74, 6) is 2.25. The fourth-order valence-electron chi connectivity index (χ4n) is 4.55. The number of fused-ring (bicyclic) bond motifs is 1. The first kappa shape index (κ1) is 16.9. The third kappa shape index (κ3) is 3.36. The van der Waals surface area contributed by atoms with Crippen molar-refractivity contribution < 1.29 is 0 Å². The van der Waals surface area contributed by atoms with Gasteiger partial charge in [-0.1, -0.05) is 0 Å². The van der Waals surface area contributed by atoms with Crippen LogP contribution < -0.4 is 9.80 Å². The maximum absolute atomic E-state index is 4.68. The number of hydrogen-bond donors (Lipinski definition) is 0. The van der Waals surface area contributed by atoms with Gasteiger partial charge in [0.25, 0.3) is 0 Å². The summed E-state index contributed by atoms with van der Waals surface area (Å²) in [6.45, 7) is 4.14. The third-order valence-corrected chi connectivity index (χ3v) is 6.10. The summed E-state index contributed by atoms with van der Waals surface area (Å²) >= 11 is 0. The molecule has 1 saturated heterocycles. The highest BCUT2D eigenvalue weighted by Crippen LogP contribution is 2.36. The van der Waals surface area contributed by atoms with E-state index in [1.165, 1.54) is 24.1 Å². The van der Waals surface area contributed by atoms with E-state index in [1.807, 2.05) is 6.20 Å². The summed E-state index contributed by atoms with van der Waals surface area (Å²) in [7, 11) is 2.18. The Balaban J connectivity index is 1.32. The number of piperidine rings is 1. The SMILES string of the molecule is CN1CCc2ncnc(N3CCC(N(c4ccncn4)C4CC4)CC3)c2C1. The zero-order chi connectivity index (χ0) is 18.2. The Labute approximate surface area is 160 Å². The number of aromatic nitrogens is 4. The Morgan fingerprint density at radius 2 is 1.78 bits per heavy atom. The predicted octanol–water partition coefficient (Wildman–Crippen LogP) is 1.89. The molecule has 0 aromatic carbocycles. The smallest absolute Gasteiger partial charge is 0.136 e. The normalized spacial score (nSPS) is 21.1. The molecule has 7 heteroatoms. The maximum atomic E-state index is 4.68. The second-order valence-electron chi connectivity index (χ2n) is 8.03. The van der Waals surface area contributed by atoms with Crippen molar-refractivity contribution in [2.75, 3.05) is 36.5 Å². The van der Waals surface area contributed by atoms with Crippen molar-refractivity contribution >= 4 is 11.6 Å². The molecule has 7 nitrogen and oxygen atoms in total. The summed E-state index contributed by atoms with van der Waals surface area (Å²) < 4.78 is 0. The molecule has 2 aromatic rings. The Kier molecular flexibility index (Phi) is 4.39. The van der Waals surface area contributed by atoms with E-state index in [9.17, 15) is 0 Å². The molecule has 142 valence electrons. The molecule has 0 N–H and O–H groups in total. The topological polar surface area (TPSA) is 61.3 Å². The fourth-order valence-corrected chi connectivity index (χ4v) is 4.55. The minimum absolute atomic E-state index is 0.559. The van der Waals surface area contributed by atoms with Crippen LogP contribution in [-0.4, -0.2) is 63.6 Å². The number of likely N-dealkylation sites (N-methyl/N-ethyl adjacent to an activating group) is 1. The van der Waals surface area contributed by atoms with Crippen LogP contribution in [0.2, 0.25) is 0 Å². The van der Waals surface area contributed by atoms with Crippen LogP contribution in [0, 0.1) is 0 Å². The van der Waals surface area contributed by atoms with Gasteiger partial charge in [-0.2, -0.15) is 0 Å². The minimum Gasteiger partial charge on any atom is -0.356 e. The van der Waals surface area contributed by atoms with Crippen molar-refractivity contribution in [1.29, 1.82) is 0 Å². The fraction of sp³-hybridized carbons (Fsp3) is 0.600. The average molecular weight is 365 g/mol. The number of rotatable bonds is 4. The van der Waals surface area contributed by atoms with Gasteiger partial charge in [-0.25, -0.2) is 19.9 Å². The number of hydrogen-bond acceptors (Lipinski definition) is 7. The maximum Gasteiger partial charge on any atom is 0.136 e. The lowest BCUT2D eigenvalue weighted by atomic mass is 10.0. The van der Waals surface area contributed by atoms with Gasteiger partial charge in [0.1, 0.15) is 24.3 Å². The molecule has 0 spiro atoms. The molecule has 0 radical (unpaired) electrons. The molecule has 2 fully saturated rings. The van der Waals surface area contributed by atoms with E-state index in [0.717, 1.165) is 57.1 Å². The van der Waals surface area contributed by atoms with Crippen LogP contribution in [0.3, 0.4) is 0 Å². The molecule has 5 rings (SSSR count). The van der Waals surface area contributed by atoms with Crippen LogP contribution in [0.4, 0.5) is 11.6 Å². The third-order valence-electron chi connectivity index (χ3n) is 6.10. The van der Waals surface area contributed by atoms with Crippen molar-refractivity contribution in [2.45, 2.75) is 50.7 Å². The Morgan fingerprint density at radius 1 is 0.963 bits per heavy atom. The zero-order valence-corrected chi connectivity index (χ0v) is 16.0. The quantitative estimate of drug-likeness (QED) is 0.820. The van der Waals surface area contributed by atoms with Crippen molar-refractivity contribution in [3.63, 3.8) is 0 Å². The Hall–Kier alpha value is -2.28. The van der Waals surface area contributed by atoms with Gasteiger partial charge >= 0.3 is 0 Å². The van der Waals surface area contributed by atoms with Crippen LogP contribution >= 0.6 is 0 Å². The van der Waals surface area contributed by atoms with E-state index >= 15 is 0 Å². The highest BCUT2D eigenvalue weighted by Gasteiger charge is 2.37. The molecule has 3 aliphatic rings. The lowest BCUT2D eigenvalue weighted by Gasteiger charge is -2.40. The summed E-state index contributed by atoms with van der Waals surface area (Å²) in [5.41, 5.74) is 2.57. The van der Waals surface area contributed by atoms with Gasteiger partial charge in [0.2, 0.25) is 0 Å². The van der Waals surface area contributed by atoms with Gasteiger partial charge in [0.05, 0.1) is 5.69 Å². The molecule has 0 bridgehead atoms. The highest BCUT2D eigenvalue weighted by atomic mass is 15.3. The first-order valence-electron chi connectivity index (χ1n) is 10.1. The molecule has 2 aliphatic heterocycles. The Bertz CT molecular complexity index is 784. The van der Waals surface area contributed by atoms with Gasteiger partial charge in [-0.05, 0) is 38.8 Å². The van der Waals surface area contributed by atoms with Gasteiger partial charge in [-0.15, -0.1) is 0 Å². The molecular formula is C20H27N7. The first-order chi connectivity index (χ1) is 13.3. The predicted molar refractivity (Wildman–Crippen MR) is 105 cm³/mol. The zero-order valence-electron chi connectivity index (χ0n) is 16.0. The first-order valence-corrected chi connectivity index (χ1v) is 10.1. The molecule has 27 heavy (non-hydrogen) atoms. The van der Waals surface area contributed by atoms with Crippen molar-refractivity contribution in [1.82, 2.24) is 24.8 Å². The van der Waals surface area contributed by atoms with Crippen LogP contribution in [0.1, 0.15) is 36.9 Å². The van der Waals surface area contributed by atoms with E-state index in [1.54, 1.807) is 12.7 Å². The van der Waals surface area contributed by atoms with Crippen molar-refractivity contribution in [3.05, 3.63) is 36.2 Å². The van der Waals surface area contributed by atoms with Crippen LogP contribution in [0.5, 0.6) is 0 Å². The van der Waals surface area contributed by atoms with Crippen LogP contribution in [0.15, 0.2) is 24.9 Å². The largest absolute Gasteiger partial charge is 0.356 e. The second-order valence-corrected chi connectivity index (χ2v) is 8.03. The van der Waals surface area contributed by atoms with E-state index in [-0.39, 0.29) is 0 Å². The van der Waals surface area contributed by atoms with E-state index < -0.39 is 0 Å². The van der Waals surface area contributed by atoms with E-state index in [0.29, 0.717) is 12.1 Å². The molecule has 2 aromatic heterocycles. The standard InChI is InChI=1S/C20H27N7/c1-25-9-7-18-17(12-25)20(24-14-22-18)26-10-5-16(6-11-26)27(15-2-3-15)19-4-8-21-13-23-19/h4,8,13-16H,2-3,5-7,9-12H2,1H3. The van der Waals surface area contributed by atoms with E-state index in [4.69, 9.17) is 0 Å². The van der Waals surface area contributed by atoms with Gasteiger partial charge < -0.3 is 14.7 Å². The lowest BCUT2D eigenvalue weighted by Crippen LogP contribution is -2.47. The van der Waals surface area contributed by atoms with Crippen LogP contribution in [-0.2, 0) is 13.0 Å². The van der Waals surface area contributed by atoms with Gasteiger partial charge in [0.15, 0.2) is 0 Å². The molecule has 1 aliphatic carbocycles. The molecule has 1 saturated carbocycles. The molecule has 0 amide bonds. The van der Waals surface area contributed by atoms with E-state index in [2.05, 4.69) is 47.7 Å². The monoisotopic (exact) mass is 365 g/mol. The van der Waals surface area contributed by atoms with Gasteiger partial charge in [-0.3, -0.25) is 0 Å². The molecular weight excluding hydrogens is 338 g/mol.